The molecule has 1 amide bonds. The minimum Gasteiger partial charge on any atom is -0.309 e. The molecule has 1 saturated heterocycles. The van der Waals surface area contributed by atoms with E-state index in [2.05, 4.69) is 51.2 Å². The second-order valence-corrected chi connectivity index (χ2v) is 5.56. The van der Waals surface area contributed by atoms with Crippen molar-refractivity contribution in [2.24, 2.45) is 0 Å². The lowest BCUT2D eigenvalue weighted by Crippen LogP contribution is -2.60. The number of piperazine rings is 1. The molecular formula is C14H20N2O. The van der Waals surface area contributed by atoms with Crippen LogP contribution in [0.3, 0.4) is 0 Å². The van der Waals surface area contributed by atoms with E-state index in [4.69, 9.17) is 0 Å². The summed E-state index contributed by atoms with van der Waals surface area (Å²) in [6, 6.07) is 6.28. The fourth-order valence-corrected chi connectivity index (χ4v) is 2.29. The Kier molecular flexibility index (Phi) is 2.96. The van der Waals surface area contributed by atoms with Crippen LogP contribution in [0.25, 0.3) is 0 Å². The number of nitrogens with one attached hydrogen (secondary N) is 1. The molecule has 1 aliphatic heterocycles. The van der Waals surface area contributed by atoms with Gasteiger partial charge in [0.25, 0.3) is 0 Å². The van der Waals surface area contributed by atoms with E-state index in [0.717, 1.165) is 5.69 Å². The van der Waals surface area contributed by atoms with Gasteiger partial charge in [0.15, 0.2) is 0 Å². The maximum atomic E-state index is 12.0. The summed E-state index contributed by atoms with van der Waals surface area (Å²) >= 11 is 0. The number of aryl methyl sites for hydroxylation is 2. The van der Waals surface area contributed by atoms with Crippen molar-refractivity contribution < 1.29 is 4.79 Å². The van der Waals surface area contributed by atoms with Gasteiger partial charge in [-0.25, -0.2) is 0 Å². The smallest absolute Gasteiger partial charge is 0.241 e. The van der Waals surface area contributed by atoms with Crippen LogP contribution in [0.15, 0.2) is 18.2 Å². The molecule has 0 radical (unpaired) electrons. The molecule has 0 aromatic heterocycles. The molecule has 17 heavy (non-hydrogen) atoms. The topological polar surface area (TPSA) is 32.3 Å². The zero-order valence-electron chi connectivity index (χ0n) is 11.0. The molecule has 92 valence electrons. The molecule has 0 aliphatic carbocycles. The molecule has 0 unspecified atom stereocenters. The number of nitrogens with zero attached hydrogens (tertiary/aromatic N) is 1. The molecule has 0 atom stereocenters. The highest BCUT2D eigenvalue weighted by atomic mass is 16.2. The van der Waals surface area contributed by atoms with Crippen molar-refractivity contribution in [3.63, 3.8) is 0 Å². The zero-order chi connectivity index (χ0) is 12.6. The third kappa shape index (κ3) is 2.67. The number of anilines is 1. The van der Waals surface area contributed by atoms with Crippen LogP contribution in [0, 0.1) is 13.8 Å². The average molecular weight is 232 g/mol. The van der Waals surface area contributed by atoms with E-state index < -0.39 is 0 Å². The quantitative estimate of drug-likeness (QED) is 0.803. The van der Waals surface area contributed by atoms with Crippen LogP contribution in [0.5, 0.6) is 0 Å². The highest BCUT2D eigenvalue weighted by molar-refractivity contribution is 5.96. The molecular weight excluding hydrogens is 212 g/mol. The molecule has 3 heteroatoms. The van der Waals surface area contributed by atoms with Crippen LogP contribution < -0.4 is 10.2 Å². The first-order valence-corrected chi connectivity index (χ1v) is 6.01. The zero-order valence-corrected chi connectivity index (χ0v) is 11.0. The highest BCUT2D eigenvalue weighted by Gasteiger charge is 2.31. The number of carbonyl (C=O) groups is 1. The van der Waals surface area contributed by atoms with Gasteiger partial charge in [0, 0.05) is 17.8 Å². The van der Waals surface area contributed by atoms with Crippen LogP contribution in [0.2, 0.25) is 0 Å². The second-order valence-electron chi connectivity index (χ2n) is 5.56. The lowest BCUT2D eigenvalue weighted by Gasteiger charge is -2.39. The second kappa shape index (κ2) is 4.15. The molecule has 0 saturated carbocycles. The molecule has 1 fully saturated rings. The Hall–Kier alpha value is -1.35. The van der Waals surface area contributed by atoms with E-state index in [0.29, 0.717) is 13.1 Å². The normalized spacial score (nSPS) is 19.5. The molecule has 1 heterocycles. The SMILES string of the molecule is Cc1cc(C)cc(N2CC(C)(C)NCC2=O)c1. The summed E-state index contributed by atoms with van der Waals surface area (Å²) in [4.78, 5) is 13.9. The van der Waals surface area contributed by atoms with Crippen molar-refractivity contribution in [3.8, 4) is 0 Å². The maximum absolute atomic E-state index is 12.0. The summed E-state index contributed by atoms with van der Waals surface area (Å²) in [5.74, 6) is 0.148. The molecule has 3 nitrogen and oxygen atoms in total. The van der Waals surface area contributed by atoms with Gasteiger partial charge in [-0.2, -0.15) is 0 Å². The van der Waals surface area contributed by atoms with Gasteiger partial charge in [0.1, 0.15) is 0 Å². The average Bonchev–Trinajstić information content (AvgIpc) is 2.20. The largest absolute Gasteiger partial charge is 0.309 e. The Morgan fingerprint density at radius 1 is 1.18 bits per heavy atom. The van der Waals surface area contributed by atoms with E-state index >= 15 is 0 Å². The van der Waals surface area contributed by atoms with Crippen molar-refractivity contribution in [1.29, 1.82) is 0 Å². The summed E-state index contributed by atoms with van der Waals surface area (Å²) in [6.45, 7) is 9.50. The maximum Gasteiger partial charge on any atom is 0.241 e. The third-order valence-corrected chi connectivity index (χ3v) is 3.09. The number of rotatable bonds is 1. The number of carbonyl (C=O) groups excluding carboxylic acids is 1. The van der Waals surface area contributed by atoms with E-state index in [1.165, 1.54) is 11.1 Å². The first-order valence-electron chi connectivity index (χ1n) is 6.01. The van der Waals surface area contributed by atoms with Crippen LogP contribution in [0.4, 0.5) is 5.69 Å². The predicted molar refractivity (Wildman–Crippen MR) is 70.4 cm³/mol. The van der Waals surface area contributed by atoms with Crippen LogP contribution in [-0.2, 0) is 4.79 Å². The monoisotopic (exact) mass is 232 g/mol. The summed E-state index contributed by atoms with van der Waals surface area (Å²) in [5.41, 5.74) is 3.39. The molecule has 1 aromatic carbocycles. The summed E-state index contributed by atoms with van der Waals surface area (Å²) in [7, 11) is 0. The lowest BCUT2D eigenvalue weighted by atomic mass is 10.0. The van der Waals surface area contributed by atoms with Gasteiger partial charge in [-0.1, -0.05) is 6.07 Å². The van der Waals surface area contributed by atoms with E-state index in [-0.39, 0.29) is 11.4 Å². The van der Waals surface area contributed by atoms with Crippen molar-refractivity contribution in [2.45, 2.75) is 33.2 Å². The van der Waals surface area contributed by atoms with Crippen molar-refractivity contribution in [3.05, 3.63) is 29.3 Å². The first-order chi connectivity index (χ1) is 7.87. The van der Waals surface area contributed by atoms with Gasteiger partial charge in [0.2, 0.25) is 5.91 Å². The van der Waals surface area contributed by atoms with Crippen molar-refractivity contribution in [2.75, 3.05) is 18.0 Å². The van der Waals surface area contributed by atoms with Gasteiger partial charge in [-0.3, -0.25) is 4.79 Å². The Morgan fingerprint density at radius 3 is 2.35 bits per heavy atom. The van der Waals surface area contributed by atoms with E-state index in [9.17, 15) is 4.79 Å². The minimum absolute atomic E-state index is 0.0223. The molecule has 1 N–H and O–H groups in total. The highest BCUT2D eigenvalue weighted by Crippen LogP contribution is 2.23. The van der Waals surface area contributed by atoms with Crippen molar-refractivity contribution in [1.82, 2.24) is 5.32 Å². The molecule has 2 rings (SSSR count). The van der Waals surface area contributed by atoms with E-state index in [1.807, 2.05) is 4.90 Å². The predicted octanol–water partition coefficient (Wildman–Crippen LogP) is 2.02. The summed E-state index contributed by atoms with van der Waals surface area (Å²) in [5, 5.41) is 3.25. The Balaban J connectivity index is 2.34. The summed E-state index contributed by atoms with van der Waals surface area (Å²) < 4.78 is 0. The Bertz CT molecular complexity index is 431. The number of benzene rings is 1. The standard InChI is InChI=1S/C14H20N2O/c1-10-5-11(2)7-12(6-10)16-9-14(3,4)15-8-13(16)17/h5-7,15H,8-9H2,1-4H3. The number of hydrogen-bond donors (Lipinski definition) is 1. The van der Waals surface area contributed by atoms with Crippen LogP contribution >= 0.6 is 0 Å². The Labute approximate surface area is 103 Å². The van der Waals surface area contributed by atoms with Gasteiger partial charge in [0.05, 0.1) is 6.54 Å². The van der Waals surface area contributed by atoms with Crippen molar-refractivity contribution >= 4 is 11.6 Å². The molecule has 0 spiro atoms. The molecule has 1 aliphatic rings. The third-order valence-electron chi connectivity index (χ3n) is 3.09. The van der Waals surface area contributed by atoms with Crippen LogP contribution in [-0.4, -0.2) is 24.5 Å². The number of amides is 1. The number of hydrogen-bond acceptors (Lipinski definition) is 2. The fraction of sp³-hybridized carbons (Fsp3) is 0.500. The minimum atomic E-state index is -0.0223. The molecule has 0 bridgehead atoms. The van der Waals surface area contributed by atoms with E-state index in [1.54, 1.807) is 0 Å². The van der Waals surface area contributed by atoms with Gasteiger partial charge in [-0.05, 0) is 51.0 Å². The van der Waals surface area contributed by atoms with Crippen LogP contribution in [0.1, 0.15) is 25.0 Å². The fourth-order valence-electron chi connectivity index (χ4n) is 2.29. The van der Waals surface area contributed by atoms with Gasteiger partial charge in [-0.15, -0.1) is 0 Å². The molecule has 1 aromatic rings. The summed E-state index contributed by atoms with van der Waals surface area (Å²) in [6.07, 6.45) is 0. The van der Waals surface area contributed by atoms with Gasteiger partial charge >= 0.3 is 0 Å². The lowest BCUT2D eigenvalue weighted by molar-refractivity contribution is -0.119. The Morgan fingerprint density at radius 2 is 1.76 bits per heavy atom. The van der Waals surface area contributed by atoms with Gasteiger partial charge < -0.3 is 10.2 Å². The first kappa shape index (κ1) is 12.1.